The smallest absolute Gasteiger partial charge is 0.146 e. The van der Waals surface area contributed by atoms with Gasteiger partial charge in [-0.1, -0.05) is 6.08 Å². The highest BCUT2D eigenvalue weighted by atomic mass is 15.1. The van der Waals surface area contributed by atoms with Gasteiger partial charge in [0.15, 0.2) is 0 Å². The molecule has 1 aliphatic rings. The lowest BCUT2D eigenvalue weighted by Crippen LogP contribution is -2.01. The summed E-state index contributed by atoms with van der Waals surface area (Å²) in [6, 6.07) is 1.91. The number of aromatic nitrogens is 5. The van der Waals surface area contributed by atoms with Gasteiger partial charge in [-0.3, -0.25) is 0 Å². The molecule has 0 radical (unpaired) electrons. The molecule has 6 nitrogen and oxygen atoms in total. The van der Waals surface area contributed by atoms with Crippen LogP contribution in [0.25, 0.3) is 27.9 Å². The van der Waals surface area contributed by atoms with Crippen molar-refractivity contribution >= 4 is 22.4 Å². The van der Waals surface area contributed by atoms with Crippen LogP contribution < -0.4 is 5.73 Å². The van der Waals surface area contributed by atoms with Crippen LogP contribution in [-0.2, 0) is 7.05 Å². The number of hydrogen-bond donors (Lipinski definition) is 1. The molecule has 0 bridgehead atoms. The molecule has 0 aromatic carbocycles. The van der Waals surface area contributed by atoms with Crippen LogP contribution in [0.4, 0.5) is 5.82 Å². The number of anilines is 1. The van der Waals surface area contributed by atoms with Crippen molar-refractivity contribution in [2.75, 3.05) is 5.73 Å². The van der Waals surface area contributed by atoms with Gasteiger partial charge < -0.3 is 10.3 Å². The molecule has 0 saturated carbocycles. The summed E-state index contributed by atoms with van der Waals surface area (Å²) in [5.41, 5.74) is 11.4. The third kappa shape index (κ3) is 2.18. The molecule has 4 rings (SSSR count). The van der Waals surface area contributed by atoms with Gasteiger partial charge in [-0.15, -0.1) is 0 Å². The Morgan fingerprint density at radius 1 is 1.13 bits per heavy atom. The number of hydrogen-bond acceptors (Lipinski definition) is 5. The van der Waals surface area contributed by atoms with Crippen molar-refractivity contribution in [2.45, 2.75) is 25.7 Å². The van der Waals surface area contributed by atoms with Crippen molar-refractivity contribution in [1.82, 2.24) is 24.5 Å². The van der Waals surface area contributed by atoms with Crippen molar-refractivity contribution in [2.24, 2.45) is 7.05 Å². The first-order valence-electron chi connectivity index (χ1n) is 7.82. The quantitative estimate of drug-likeness (QED) is 0.787. The second-order valence-electron chi connectivity index (χ2n) is 5.81. The molecule has 2 N–H and O–H groups in total. The maximum atomic E-state index is 6.18. The minimum atomic E-state index is 0.488. The summed E-state index contributed by atoms with van der Waals surface area (Å²) in [5, 5.41) is 0.871. The van der Waals surface area contributed by atoms with E-state index in [1.54, 1.807) is 12.5 Å². The second kappa shape index (κ2) is 5.46. The largest absolute Gasteiger partial charge is 0.383 e. The number of nitrogens with zero attached hydrogens (tertiary/aromatic N) is 5. The van der Waals surface area contributed by atoms with Gasteiger partial charge in [0.05, 0.1) is 16.8 Å². The van der Waals surface area contributed by atoms with Gasteiger partial charge >= 0.3 is 0 Å². The minimum absolute atomic E-state index is 0.488. The first kappa shape index (κ1) is 13.9. The Bertz CT molecular complexity index is 894. The van der Waals surface area contributed by atoms with Gasteiger partial charge in [0.25, 0.3) is 0 Å². The Morgan fingerprint density at radius 2 is 2.04 bits per heavy atom. The molecule has 116 valence electrons. The van der Waals surface area contributed by atoms with E-state index in [0.29, 0.717) is 5.82 Å². The zero-order valence-corrected chi connectivity index (χ0v) is 13.0. The lowest BCUT2D eigenvalue weighted by atomic mass is 9.93. The van der Waals surface area contributed by atoms with Crippen LogP contribution in [0.5, 0.6) is 0 Å². The van der Waals surface area contributed by atoms with Gasteiger partial charge in [-0.05, 0) is 37.3 Å². The molecule has 3 aromatic rings. The maximum Gasteiger partial charge on any atom is 0.146 e. The molecule has 3 aromatic heterocycles. The van der Waals surface area contributed by atoms with E-state index in [0.717, 1.165) is 40.8 Å². The number of aryl methyl sites for hydroxylation is 1. The Labute approximate surface area is 134 Å². The van der Waals surface area contributed by atoms with Crippen molar-refractivity contribution in [3.8, 4) is 11.3 Å². The average molecular weight is 306 g/mol. The van der Waals surface area contributed by atoms with E-state index >= 15 is 0 Å². The third-order valence-corrected chi connectivity index (χ3v) is 4.43. The molecule has 0 atom stereocenters. The number of fused-ring (bicyclic) bond motifs is 1. The molecule has 0 spiro atoms. The maximum absolute atomic E-state index is 6.18. The van der Waals surface area contributed by atoms with Gasteiger partial charge in [-0.2, -0.15) is 0 Å². The van der Waals surface area contributed by atoms with E-state index in [4.69, 9.17) is 5.73 Å². The van der Waals surface area contributed by atoms with Gasteiger partial charge in [0.1, 0.15) is 24.1 Å². The fraction of sp³-hybridized carbons (Fsp3) is 0.294. The first-order valence-corrected chi connectivity index (χ1v) is 7.82. The van der Waals surface area contributed by atoms with Crippen molar-refractivity contribution in [3.05, 3.63) is 36.7 Å². The Balaban J connectivity index is 2.10. The molecule has 0 fully saturated rings. The van der Waals surface area contributed by atoms with Crippen molar-refractivity contribution in [1.29, 1.82) is 0 Å². The highest BCUT2D eigenvalue weighted by molar-refractivity contribution is 6.05. The molecule has 1 aliphatic carbocycles. The molecule has 0 unspecified atom stereocenters. The van der Waals surface area contributed by atoms with E-state index in [1.807, 2.05) is 13.1 Å². The molecular weight excluding hydrogens is 288 g/mol. The van der Waals surface area contributed by atoms with Crippen LogP contribution in [0.2, 0.25) is 0 Å². The van der Waals surface area contributed by atoms with Crippen LogP contribution in [0.15, 0.2) is 31.0 Å². The number of nitrogens with two attached hydrogens (primary N) is 1. The van der Waals surface area contributed by atoms with Crippen LogP contribution >= 0.6 is 0 Å². The van der Waals surface area contributed by atoms with Gasteiger partial charge in [0.2, 0.25) is 0 Å². The Morgan fingerprint density at radius 3 is 2.78 bits per heavy atom. The summed E-state index contributed by atoms with van der Waals surface area (Å²) in [5.74, 6) is 0.488. The van der Waals surface area contributed by atoms with E-state index < -0.39 is 0 Å². The van der Waals surface area contributed by atoms with Gasteiger partial charge in [0, 0.05) is 18.8 Å². The standard InChI is InChI=1S/C17H18N6/c1-23-15(11-5-3-2-4-6-11)13(12-7-8-19-9-20-12)14-16(18)21-10-22-17(14)23/h5,7-10H,2-4,6H2,1H3,(H2,18,21,22). The zero-order chi connectivity index (χ0) is 15.8. The normalized spacial score (nSPS) is 14.9. The number of rotatable bonds is 2. The van der Waals surface area contributed by atoms with Crippen molar-refractivity contribution in [3.63, 3.8) is 0 Å². The van der Waals surface area contributed by atoms with E-state index in [-0.39, 0.29) is 0 Å². The lowest BCUT2D eigenvalue weighted by molar-refractivity contribution is 0.735. The van der Waals surface area contributed by atoms with Crippen molar-refractivity contribution < 1.29 is 0 Å². The number of nitrogen functional groups attached to an aromatic ring is 1. The highest BCUT2D eigenvalue weighted by Crippen LogP contribution is 2.40. The molecule has 6 heteroatoms. The molecule has 3 heterocycles. The molecule has 0 aliphatic heterocycles. The molecular formula is C17H18N6. The van der Waals surface area contributed by atoms with Crippen LogP contribution in [0.1, 0.15) is 31.4 Å². The molecule has 23 heavy (non-hydrogen) atoms. The predicted molar refractivity (Wildman–Crippen MR) is 90.4 cm³/mol. The summed E-state index contributed by atoms with van der Waals surface area (Å²) in [6.07, 6.45) is 11.8. The Hall–Kier alpha value is -2.76. The van der Waals surface area contributed by atoms with E-state index in [1.165, 1.54) is 24.7 Å². The third-order valence-electron chi connectivity index (χ3n) is 4.43. The highest BCUT2D eigenvalue weighted by Gasteiger charge is 2.24. The average Bonchev–Trinajstić information content (AvgIpc) is 2.91. The predicted octanol–water partition coefficient (Wildman–Crippen LogP) is 2.96. The first-order chi connectivity index (χ1) is 11.3. The van der Waals surface area contributed by atoms with E-state index in [9.17, 15) is 0 Å². The minimum Gasteiger partial charge on any atom is -0.383 e. The molecule has 0 saturated heterocycles. The summed E-state index contributed by atoms with van der Waals surface area (Å²) in [4.78, 5) is 17.1. The number of allylic oxidation sites excluding steroid dienone is 2. The summed E-state index contributed by atoms with van der Waals surface area (Å²) in [7, 11) is 2.03. The second-order valence-corrected chi connectivity index (χ2v) is 5.81. The lowest BCUT2D eigenvalue weighted by Gasteiger charge is -2.15. The fourth-order valence-corrected chi connectivity index (χ4v) is 3.39. The van der Waals surface area contributed by atoms with E-state index in [2.05, 4.69) is 30.6 Å². The topological polar surface area (TPSA) is 82.5 Å². The molecule has 0 amide bonds. The van der Waals surface area contributed by atoms with Crippen LogP contribution in [-0.4, -0.2) is 24.5 Å². The monoisotopic (exact) mass is 306 g/mol. The fourth-order valence-electron chi connectivity index (χ4n) is 3.39. The SMILES string of the molecule is Cn1c(C2=CCCCC2)c(-c2ccncn2)c2c(N)ncnc21. The zero-order valence-electron chi connectivity index (χ0n) is 13.0. The van der Waals surface area contributed by atoms with Crippen LogP contribution in [0, 0.1) is 0 Å². The summed E-state index contributed by atoms with van der Waals surface area (Å²) in [6.45, 7) is 0. The Kier molecular flexibility index (Phi) is 3.29. The summed E-state index contributed by atoms with van der Waals surface area (Å²) >= 11 is 0. The summed E-state index contributed by atoms with van der Waals surface area (Å²) < 4.78 is 2.11. The van der Waals surface area contributed by atoms with Crippen LogP contribution in [0.3, 0.4) is 0 Å². The van der Waals surface area contributed by atoms with Gasteiger partial charge in [-0.25, -0.2) is 19.9 Å².